The van der Waals surface area contributed by atoms with Gasteiger partial charge in [-0.2, -0.15) is 0 Å². The summed E-state index contributed by atoms with van der Waals surface area (Å²) in [5.74, 6) is -3.88. The largest absolute Gasteiger partial charge is 0.481 e. The van der Waals surface area contributed by atoms with Gasteiger partial charge in [0.25, 0.3) is 5.97 Å². The molecule has 0 saturated carbocycles. The van der Waals surface area contributed by atoms with E-state index in [1.165, 1.54) is 6.92 Å². The van der Waals surface area contributed by atoms with Gasteiger partial charge in [0, 0.05) is 13.5 Å². The fraction of sp³-hybridized carbons (Fsp3) is 0.615. The minimum atomic E-state index is -1.00. The highest BCUT2D eigenvalue weighted by molar-refractivity contribution is 5.74. The van der Waals surface area contributed by atoms with Crippen molar-refractivity contribution in [2.75, 3.05) is 13.1 Å². The summed E-state index contributed by atoms with van der Waals surface area (Å²) in [5, 5.41) is 40.6. The van der Waals surface area contributed by atoms with E-state index in [2.05, 4.69) is 11.1 Å². The van der Waals surface area contributed by atoms with Crippen LogP contribution in [0.3, 0.4) is 0 Å². The van der Waals surface area contributed by atoms with E-state index in [0.29, 0.717) is 19.4 Å². The molecular formula is C13H30N6O8. The Morgan fingerprint density at radius 3 is 1.56 bits per heavy atom. The zero-order chi connectivity index (χ0) is 22.6. The Morgan fingerprint density at radius 2 is 1.37 bits per heavy atom. The predicted octanol–water partition coefficient (Wildman–Crippen LogP) is -2.80. The third-order valence-electron chi connectivity index (χ3n) is 1.89. The number of guanidine groups is 1. The molecule has 0 aromatic rings. The summed E-state index contributed by atoms with van der Waals surface area (Å²) in [6.07, 6.45) is 0.975. The summed E-state index contributed by atoms with van der Waals surface area (Å²) in [7, 11) is 0. The Balaban J connectivity index is -0.000000148. The van der Waals surface area contributed by atoms with Crippen LogP contribution in [0.4, 0.5) is 0 Å². The Hall–Kier alpha value is -2.97. The second-order valence-electron chi connectivity index (χ2n) is 4.67. The van der Waals surface area contributed by atoms with Crippen LogP contribution in [-0.2, 0) is 19.2 Å². The monoisotopic (exact) mass is 398 g/mol. The molecule has 0 amide bonds. The van der Waals surface area contributed by atoms with Crippen LogP contribution in [0, 0.1) is 5.41 Å². The standard InChI is InChI=1S/C6H14N4O2.C3H7NO2.C2H5NO2.C2H4O2/c7-4(5(11)12)2-1-3-10-6(8)9;1-2(4)3(5)6;3-1-2(4)5;1-2(3)4/h4H,1-3,7H2,(H,11,12)(H4,8,9,10);2H,4H2,1H3,(H,5,6);1,3H2,(H,4,5);1H3,(H,3,4). The number of nitrogens with two attached hydrogens (primary N) is 4. The van der Waals surface area contributed by atoms with Crippen molar-refractivity contribution in [3.8, 4) is 0 Å². The van der Waals surface area contributed by atoms with Crippen LogP contribution in [0.25, 0.3) is 0 Å². The number of hydrogen-bond acceptors (Lipinski definition) is 8. The van der Waals surface area contributed by atoms with E-state index in [1.807, 2.05) is 0 Å². The third kappa shape index (κ3) is 51.7. The number of carboxylic acid groups (broad SMARTS) is 4. The lowest BCUT2D eigenvalue weighted by Crippen LogP contribution is -2.34. The number of carbonyl (C=O) groups is 4. The summed E-state index contributed by atoms with van der Waals surface area (Å²) >= 11 is 0. The maximum Gasteiger partial charge on any atom is 0.320 e. The lowest BCUT2D eigenvalue weighted by Gasteiger charge is -2.06. The molecule has 14 nitrogen and oxygen atoms in total. The van der Waals surface area contributed by atoms with Gasteiger partial charge in [-0.25, -0.2) is 0 Å². The number of rotatable bonds is 7. The quantitative estimate of drug-likeness (QED) is 0.118. The van der Waals surface area contributed by atoms with Gasteiger partial charge in [-0.3, -0.25) is 24.6 Å². The molecule has 0 heterocycles. The maximum atomic E-state index is 10.2. The molecule has 14 N–H and O–H groups in total. The summed E-state index contributed by atoms with van der Waals surface area (Å²) in [5.41, 5.74) is 19.6. The smallest absolute Gasteiger partial charge is 0.320 e. The van der Waals surface area contributed by atoms with Crippen molar-refractivity contribution in [2.45, 2.75) is 38.8 Å². The van der Waals surface area contributed by atoms with Crippen molar-refractivity contribution in [1.82, 2.24) is 5.32 Å². The topological polar surface area (TPSA) is 289 Å². The van der Waals surface area contributed by atoms with E-state index >= 15 is 0 Å². The van der Waals surface area contributed by atoms with Crippen LogP contribution in [0.15, 0.2) is 0 Å². The highest BCUT2D eigenvalue weighted by Gasteiger charge is 2.09. The summed E-state index contributed by atoms with van der Waals surface area (Å²) in [6.45, 7) is 2.71. The van der Waals surface area contributed by atoms with Gasteiger partial charge < -0.3 is 48.7 Å². The van der Waals surface area contributed by atoms with Crippen LogP contribution >= 0.6 is 0 Å². The molecule has 0 aliphatic carbocycles. The van der Waals surface area contributed by atoms with Gasteiger partial charge in [-0.15, -0.1) is 0 Å². The van der Waals surface area contributed by atoms with Crippen LogP contribution in [0.1, 0.15) is 26.7 Å². The van der Waals surface area contributed by atoms with Crippen molar-refractivity contribution in [3.63, 3.8) is 0 Å². The third-order valence-corrected chi connectivity index (χ3v) is 1.89. The summed E-state index contributed by atoms with van der Waals surface area (Å²) in [6, 6.07) is -1.55. The Bertz CT molecular complexity index is 454. The van der Waals surface area contributed by atoms with Crippen LogP contribution in [-0.4, -0.2) is 75.4 Å². The molecule has 0 fully saturated rings. The molecule has 2 unspecified atom stereocenters. The van der Waals surface area contributed by atoms with Gasteiger partial charge in [0.15, 0.2) is 5.96 Å². The van der Waals surface area contributed by atoms with Gasteiger partial charge in [0.1, 0.15) is 12.1 Å². The zero-order valence-corrected chi connectivity index (χ0v) is 15.2. The molecule has 27 heavy (non-hydrogen) atoms. The van der Waals surface area contributed by atoms with Crippen molar-refractivity contribution < 1.29 is 39.6 Å². The molecule has 0 aliphatic heterocycles. The first-order chi connectivity index (χ1) is 12.2. The van der Waals surface area contributed by atoms with E-state index in [1.54, 1.807) is 0 Å². The van der Waals surface area contributed by atoms with Crippen LogP contribution < -0.4 is 28.3 Å². The highest BCUT2D eigenvalue weighted by Crippen LogP contribution is 1.92. The number of carboxylic acids is 4. The average Bonchev–Trinajstić information content (AvgIpc) is 2.51. The Labute approximate surface area is 156 Å². The molecule has 0 aliphatic rings. The average molecular weight is 398 g/mol. The van der Waals surface area contributed by atoms with Crippen molar-refractivity contribution in [3.05, 3.63) is 0 Å². The zero-order valence-electron chi connectivity index (χ0n) is 15.2. The van der Waals surface area contributed by atoms with E-state index in [4.69, 9.17) is 47.8 Å². The molecule has 14 heteroatoms. The minimum absolute atomic E-state index is 0.112. The first-order valence-electron chi connectivity index (χ1n) is 7.34. The molecule has 0 aromatic carbocycles. The lowest BCUT2D eigenvalue weighted by atomic mass is 10.2. The molecule has 0 spiro atoms. The van der Waals surface area contributed by atoms with E-state index in [9.17, 15) is 14.4 Å². The normalized spacial score (nSPS) is 10.7. The molecule has 0 radical (unpaired) electrons. The van der Waals surface area contributed by atoms with Gasteiger partial charge >= 0.3 is 17.9 Å². The summed E-state index contributed by atoms with van der Waals surface area (Å²) < 4.78 is 0. The van der Waals surface area contributed by atoms with Gasteiger partial charge in [-0.1, -0.05) is 0 Å². The first-order valence-corrected chi connectivity index (χ1v) is 7.34. The second kappa shape index (κ2) is 21.1. The second-order valence-corrected chi connectivity index (χ2v) is 4.67. The van der Waals surface area contributed by atoms with Crippen LogP contribution in [0.5, 0.6) is 0 Å². The maximum absolute atomic E-state index is 10.2. The molecule has 2 atom stereocenters. The van der Waals surface area contributed by atoms with Crippen molar-refractivity contribution in [1.29, 1.82) is 5.41 Å². The minimum Gasteiger partial charge on any atom is -0.481 e. The van der Waals surface area contributed by atoms with Crippen molar-refractivity contribution >= 4 is 29.8 Å². The predicted molar refractivity (Wildman–Crippen MR) is 96.0 cm³/mol. The van der Waals surface area contributed by atoms with E-state index < -0.39 is 36.0 Å². The SMILES string of the molecule is CC(=O)O.CC(N)C(=O)O.N=C(N)NCCCC(N)C(=O)O.NCC(=O)O. The first kappa shape index (κ1) is 31.8. The Kier molecular flexibility index (Phi) is 24.8. The van der Waals surface area contributed by atoms with Gasteiger partial charge in [0.2, 0.25) is 0 Å². The van der Waals surface area contributed by atoms with Crippen LogP contribution in [0.2, 0.25) is 0 Å². The molecule has 0 aromatic heterocycles. The van der Waals surface area contributed by atoms with Gasteiger partial charge in [0.05, 0.1) is 6.54 Å². The molecular weight excluding hydrogens is 368 g/mol. The lowest BCUT2D eigenvalue weighted by molar-refractivity contribution is -0.139. The molecule has 0 rings (SSSR count). The Morgan fingerprint density at radius 1 is 1.04 bits per heavy atom. The number of hydrogen-bond donors (Lipinski definition) is 10. The molecule has 160 valence electrons. The number of aliphatic carboxylic acids is 4. The van der Waals surface area contributed by atoms with E-state index in [0.717, 1.165) is 6.92 Å². The fourth-order valence-corrected chi connectivity index (χ4v) is 0.669. The van der Waals surface area contributed by atoms with Gasteiger partial charge in [-0.05, 0) is 19.8 Å². The molecule has 0 saturated heterocycles. The fourth-order valence-electron chi connectivity index (χ4n) is 0.669. The number of nitrogens with one attached hydrogen (secondary N) is 2. The highest BCUT2D eigenvalue weighted by atomic mass is 16.4. The summed E-state index contributed by atoms with van der Waals surface area (Å²) in [4.78, 5) is 38.0. The van der Waals surface area contributed by atoms with Crippen molar-refractivity contribution in [2.24, 2.45) is 22.9 Å². The van der Waals surface area contributed by atoms with E-state index in [-0.39, 0.29) is 12.5 Å². The molecule has 0 bridgehead atoms.